The number of nitrogen functional groups attached to an aromatic ring is 1. The van der Waals surface area contributed by atoms with Gasteiger partial charge in [0.1, 0.15) is 11.4 Å². The van der Waals surface area contributed by atoms with Crippen molar-refractivity contribution in [3.8, 4) is 5.69 Å². The highest BCUT2D eigenvalue weighted by Gasteiger charge is 2.27. The van der Waals surface area contributed by atoms with E-state index < -0.39 is 5.97 Å². The molecular weight excluding hydrogens is 266 g/mol. The molecule has 2 aromatic carbocycles. The molecule has 0 bridgehead atoms. The summed E-state index contributed by atoms with van der Waals surface area (Å²) < 4.78 is 6.78. The van der Waals surface area contributed by atoms with Crippen molar-refractivity contribution in [2.75, 3.05) is 18.2 Å². The Morgan fingerprint density at radius 3 is 2.71 bits per heavy atom. The predicted molar refractivity (Wildman–Crippen MR) is 82.3 cm³/mol. The minimum absolute atomic E-state index is 0.401. The number of aromatic nitrogens is 1. The first-order valence-electron chi connectivity index (χ1n) is 6.60. The number of para-hydroxylation sites is 3. The van der Waals surface area contributed by atoms with Crippen LogP contribution in [0.2, 0.25) is 0 Å². The van der Waals surface area contributed by atoms with Gasteiger partial charge in [-0.25, -0.2) is 4.79 Å². The molecule has 104 valence electrons. The van der Waals surface area contributed by atoms with Gasteiger partial charge in [0.2, 0.25) is 0 Å². The monoisotopic (exact) mass is 279 g/mol. The Balaban J connectivity index is 2.19. The van der Waals surface area contributed by atoms with Crippen LogP contribution in [0.5, 0.6) is 0 Å². The van der Waals surface area contributed by atoms with Crippen LogP contribution in [-0.4, -0.2) is 17.6 Å². The number of rotatable bonds is 1. The number of nitrogens with one attached hydrogen (secondary N) is 1. The Kier molecular flexibility index (Phi) is 2.27. The van der Waals surface area contributed by atoms with Crippen molar-refractivity contribution in [3.05, 3.63) is 48.0 Å². The van der Waals surface area contributed by atoms with Crippen molar-refractivity contribution in [3.63, 3.8) is 0 Å². The van der Waals surface area contributed by atoms with Gasteiger partial charge in [0.05, 0.1) is 29.7 Å². The molecule has 3 aromatic rings. The molecule has 5 heteroatoms. The highest BCUT2D eigenvalue weighted by Crippen LogP contribution is 2.42. The topological polar surface area (TPSA) is 69.3 Å². The Labute approximate surface area is 120 Å². The maximum absolute atomic E-state index is 12.1. The molecule has 0 atom stereocenters. The second-order valence-electron chi connectivity index (χ2n) is 4.93. The smallest absolute Gasteiger partial charge is 0.342 e. The number of benzene rings is 2. The molecule has 0 spiro atoms. The van der Waals surface area contributed by atoms with Crippen LogP contribution >= 0.6 is 0 Å². The summed E-state index contributed by atoms with van der Waals surface area (Å²) in [6.07, 6.45) is 0. The van der Waals surface area contributed by atoms with Crippen LogP contribution in [-0.2, 0) is 4.74 Å². The van der Waals surface area contributed by atoms with Gasteiger partial charge >= 0.3 is 5.97 Å². The number of fused-ring (bicyclic) bond motifs is 2. The van der Waals surface area contributed by atoms with Crippen molar-refractivity contribution in [1.29, 1.82) is 0 Å². The summed E-state index contributed by atoms with van der Waals surface area (Å²) in [6.45, 7) is 0. The number of nitrogens with zero attached hydrogens (tertiary/aromatic N) is 1. The van der Waals surface area contributed by atoms with E-state index in [1.807, 2.05) is 47.0 Å². The maximum Gasteiger partial charge on any atom is 0.342 e. The first kappa shape index (κ1) is 11.8. The third kappa shape index (κ3) is 1.43. The molecule has 3 N–H and O–H groups in total. The van der Waals surface area contributed by atoms with Crippen LogP contribution in [0.1, 0.15) is 10.4 Å². The number of carbonyl (C=O) groups is 1. The third-order valence-electron chi connectivity index (χ3n) is 3.83. The molecule has 0 saturated heterocycles. The van der Waals surface area contributed by atoms with Gasteiger partial charge in [-0.15, -0.1) is 0 Å². The average molecular weight is 279 g/mol. The Hall–Kier alpha value is -2.95. The van der Waals surface area contributed by atoms with E-state index >= 15 is 0 Å². The van der Waals surface area contributed by atoms with Gasteiger partial charge in [0, 0.05) is 5.39 Å². The molecule has 0 aliphatic carbocycles. The van der Waals surface area contributed by atoms with E-state index in [9.17, 15) is 4.79 Å². The Bertz CT molecular complexity index is 896. The molecular formula is C16H13N3O2. The maximum atomic E-state index is 12.1. The largest absolute Gasteiger partial charge is 0.465 e. The molecule has 1 aliphatic heterocycles. The van der Waals surface area contributed by atoms with Crippen LogP contribution in [0, 0.1) is 0 Å². The normalized spacial score (nSPS) is 11.9. The molecule has 0 radical (unpaired) electrons. The average Bonchev–Trinajstić information content (AvgIpc) is 2.81. The Morgan fingerprint density at radius 1 is 1.14 bits per heavy atom. The number of hydrogen-bond acceptors (Lipinski definition) is 4. The van der Waals surface area contributed by atoms with Crippen molar-refractivity contribution in [2.24, 2.45) is 0 Å². The molecule has 0 fully saturated rings. The van der Waals surface area contributed by atoms with Gasteiger partial charge in [0.25, 0.3) is 0 Å². The number of esters is 1. The molecule has 0 unspecified atom stereocenters. The molecule has 0 saturated carbocycles. The highest BCUT2D eigenvalue weighted by molar-refractivity contribution is 6.14. The summed E-state index contributed by atoms with van der Waals surface area (Å²) in [5.41, 5.74) is 10.4. The minimum Gasteiger partial charge on any atom is -0.465 e. The fraction of sp³-hybridized carbons (Fsp3) is 0.0625. The van der Waals surface area contributed by atoms with Crippen molar-refractivity contribution in [1.82, 2.24) is 4.57 Å². The lowest BCUT2D eigenvalue weighted by Crippen LogP contribution is -2.10. The quantitative estimate of drug-likeness (QED) is 0.525. The van der Waals surface area contributed by atoms with E-state index in [0.717, 1.165) is 28.0 Å². The molecule has 21 heavy (non-hydrogen) atoms. The van der Waals surface area contributed by atoms with Crippen LogP contribution in [0.15, 0.2) is 42.5 Å². The molecule has 2 heterocycles. The van der Waals surface area contributed by atoms with E-state index in [1.165, 1.54) is 7.11 Å². The molecule has 5 nitrogen and oxygen atoms in total. The SMILES string of the molecule is COC(=O)c1c(N)n2c3c(cccc13)Nc1ccccc1-2. The van der Waals surface area contributed by atoms with E-state index in [1.54, 1.807) is 0 Å². The standard InChI is InChI=1S/C16H13N3O2/c1-21-16(20)13-9-5-4-7-11-14(9)19(15(13)17)12-8-3-2-6-10(12)18-11/h2-8,18H,17H2,1H3. The van der Waals surface area contributed by atoms with E-state index in [2.05, 4.69) is 5.32 Å². The van der Waals surface area contributed by atoms with Crippen LogP contribution in [0.3, 0.4) is 0 Å². The number of methoxy groups -OCH3 is 1. The van der Waals surface area contributed by atoms with Crippen LogP contribution in [0.4, 0.5) is 17.2 Å². The lowest BCUT2D eigenvalue weighted by molar-refractivity contribution is 0.0604. The number of hydrogen-bond donors (Lipinski definition) is 2. The van der Waals surface area contributed by atoms with Gasteiger partial charge in [-0.2, -0.15) is 0 Å². The lowest BCUT2D eigenvalue weighted by Gasteiger charge is -2.21. The second kappa shape index (κ2) is 4.02. The summed E-state index contributed by atoms with van der Waals surface area (Å²) in [5, 5.41) is 4.16. The third-order valence-corrected chi connectivity index (χ3v) is 3.83. The number of nitrogens with two attached hydrogens (primary N) is 1. The fourth-order valence-electron chi connectivity index (χ4n) is 2.94. The summed E-state index contributed by atoms with van der Waals surface area (Å²) in [6, 6.07) is 13.6. The zero-order chi connectivity index (χ0) is 14.6. The fourth-order valence-corrected chi connectivity index (χ4v) is 2.94. The van der Waals surface area contributed by atoms with Crippen molar-refractivity contribution >= 4 is 34.1 Å². The first-order valence-corrected chi connectivity index (χ1v) is 6.60. The molecule has 4 rings (SSSR count). The van der Waals surface area contributed by atoms with Gasteiger partial charge in [0.15, 0.2) is 0 Å². The van der Waals surface area contributed by atoms with Crippen LogP contribution in [0.25, 0.3) is 16.6 Å². The first-order chi connectivity index (χ1) is 10.2. The summed E-state index contributed by atoms with van der Waals surface area (Å²) in [4.78, 5) is 12.1. The lowest BCUT2D eigenvalue weighted by atomic mass is 10.1. The minimum atomic E-state index is -0.423. The summed E-state index contributed by atoms with van der Waals surface area (Å²) in [7, 11) is 1.36. The van der Waals surface area contributed by atoms with E-state index in [0.29, 0.717) is 11.4 Å². The van der Waals surface area contributed by atoms with E-state index in [4.69, 9.17) is 10.5 Å². The highest BCUT2D eigenvalue weighted by atomic mass is 16.5. The number of ether oxygens (including phenoxy) is 1. The molecule has 1 aromatic heterocycles. The van der Waals surface area contributed by atoms with Gasteiger partial charge in [-0.1, -0.05) is 24.3 Å². The summed E-state index contributed by atoms with van der Waals surface area (Å²) in [5.74, 6) is -0.0222. The van der Waals surface area contributed by atoms with Gasteiger partial charge < -0.3 is 15.8 Å². The van der Waals surface area contributed by atoms with Gasteiger partial charge in [-0.3, -0.25) is 4.57 Å². The zero-order valence-corrected chi connectivity index (χ0v) is 11.4. The van der Waals surface area contributed by atoms with Crippen molar-refractivity contribution < 1.29 is 9.53 Å². The zero-order valence-electron chi connectivity index (χ0n) is 11.4. The number of carbonyl (C=O) groups excluding carboxylic acids is 1. The number of anilines is 3. The van der Waals surface area contributed by atoms with Crippen LogP contribution < -0.4 is 11.1 Å². The van der Waals surface area contributed by atoms with Gasteiger partial charge in [-0.05, 0) is 18.2 Å². The summed E-state index contributed by atoms with van der Waals surface area (Å²) >= 11 is 0. The Morgan fingerprint density at radius 2 is 1.90 bits per heavy atom. The van der Waals surface area contributed by atoms with Crippen molar-refractivity contribution in [2.45, 2.75) is 0 Å². The molecule has 1 aliphatic rings. The predicted octanol–water partition coefficient (Wildman–Crippen LogP) is 3.06. The second-order valence-corrected chi connectivity index (χ2v) is 4.93. The molecule has 0 amide bonds. The van der Waals surface area contributed by atoms with E-state index in [-0.39, 0.29) is 0 Å².